The highest BCUT2D eigenvalue weighted by molar-refractivity contribution is 5.94. The number of aromatic nitrogens is 8. The molecule has 0 spiro atoms. The Balaban J connectivity index is 0.000000169. The topological polar surface area (TPSA) is 158 Å². The average molecular weight is 961 g/mol. The molecular formula is C57H72N10O4. The lowest BCUT2D eigenvalue weighted by atomic mass is 9.79. The zero-order chi connectivity index (χ0) is 48.8. The largest absolute Gasteiger partial charge is 0.495 e. The van der Waals surface area contributed by atoms with Gasteiger partial charge in [0.15, 0.2) is 0 Å². The first-order chi connectivity index (χ1) is 34.7. The monoisotopic (exact) mass is 961 g/mol. The summed E-state index contributed by atoms with van der Waals surface area (Å²) in [5.41, 5.74) is 8.72. The predicted molar refractivity (Wildman–Crippen MR) is 277 cm³/mol. The molecular weight excluding hydrogens is 889 g/mol. The Bertz CT molecular complexity index is 2720. The van der Waals surface area contributed by atoms with Gasteiger partial charge in [0, 0.05) is 78.1 Å². The third kappa shape index (κ3) is 12.0. The minimum Gasteiger partial charge on any atom is -0.495 e. The number of amides is 1. The van der Waals surface area contributed by atoms with E-state index < -0.39 is 0 Å². The summed E-state index contributed by atoms with van der Waals surface area (Å²) in [6.45, 7) is 5.67. The summed E-state index contributed by atoms with van der Waals surface area (Å²) >= 11 is 0. The molecule has 14 nitrogen and oxygen atoms in total. The van der Waals surface area contributed by atoms with Crippen molar-refractivity contribution in [3.05, 3.63) is 108 Å². The molecule has 14 heteroatoms. The molecule has 6 heterocycles. The molecule has 0 radical (unpaired) electrons. The summed E-state index contributed by atoms with van der Waals surface area (Å²) in [6.07, 6.45) is 28.4. The van der Waals surface area contributed by atoms with Crippen LogP contribution in [0, 0.1) is 31.6 Å². The Morgan fingerprint density at radius 1 is 0.634 bits per heavy atom. The summed E-state index contributed by atoms with van der Waals surface area (Å²) in [5, 5.41) is 22.7. The summed E-state index contributed by atoms with van der Waals surface area (Å²) in [4.78, 5) is 34.8. The summed E-state index contributed by atoms with van der Waals surface area (Å²) in [6, 6.07) is 17.7. The number of anilines is 2. The number of nitrogens with one attached hydrogen (secondary N) is 1. The predicted octanol–water partition coefficient (Wildman–Crippen LogP) is 11.2. The molecule has 0 unspecified atom stereocenters. The van der Waals surface area contributed by atoms with Gasteiger partial charge in [0.2, 0.25) is 5.91 Å². The first-order valence-corrected chi connectivity index (χ1v) is 26.5. The molecule has 6 aromatic rings. The van der Waals surface area contributed by atoms with Gasteiger partial charge < -0.3 is 19.9 Å². The first kappa shape index (κ1) is 48.5. The number of aliphatic hydroxyl groups is 1. The highest BCUT2D eigenvalue weighted by atomic mass is 16.5. The Morgan fingerprint density at radius 3 is 1.68 bits per heavy atom. The highest BCUT2D eigenvalue weighted by Crippen LogP contribution is 2.40. The van der Waals surface area contributed by atoms with E-state index in [0.717, 1.165) is 96.4 Å². The number of rotatable bonds is 15. The molecule has 6 aromatic heterocycles. The molecule has 5 aliphatic carbocycles. The number of methoxy groups -OCH3 is 2. The summed E-state index contributed by atoms with van der Waals surface area (Å²) < 4.78 is 14.9. The Kier molecular flexibility index (Phi) is 15.1. The van der Waals surface area contributed by atoms with Crippen molar-refractivity contribution < 1.29 is 19.4 Å². The first-order valence-electron chi connectivity index (χ1n) is 26.5. The average Bonchev–Trinajstić information content (AvgIpc) is 4.34. The zero-order valence-corrected chi connectivity index (χ0v) is 42.1. The molecule has 5 fully saturated rings. The molecule has 1 amide bonds. The number of carbonyl (C=O) groups excluding carboxylic acids is 1. The van der Waals surface area contributed by atoms with E-state index in [1.807, 2.05) is 55.7 Å². The summed E-state index contributed by atoms with van der Waals surface area (Å²) in [7, 11) is 3.39. The van der Waals surface area contributed by atoms with Crippen molar-refractivity contribution in [2.24, 2.45) is 17.8 Å². The van der Waals surface area contributed by atoms with Crippen molar-refractivity contribution in [2.45, 2.75) is 147 Å². The smallest absolute Gasteiger partial charge is 0.231 e. The minimum absolute atomic E-state index is 0.0608. The lowest BCUT2D eigenvalue weighted by molar-refractivity contribution is -0.124. The van der Waals surface area contributed by atoms with E-state index in [-0.39, 0.29) is 17.9 Å². The van der Waals surface area contributed by atoms with Crippen molar-refractivity contribution in [3.63, 3.8) is 0 Å². The van der Waals surface area contributed by atoms with Gasteiger partial charge >= 0.3 is 0 Å². The van der Waals surface area contributed by atoms with Gasteiger partial charge in [-0.05, 0) is 188 Å². The number of hydrogen-bond acceptors (Lipinski definition) is 11. The standard InChI is InChI=1S/C32H41N5O3.C25H31N5O/c1-21-30(40-2)14-13-29(35-21)23-5-3-22(4-6-23)19-36(32(39)24-7-11-28(38)12-8-24)31-17-25(15-16-33-31)26-18-34-37(20-26)27-9-10-27;1-17-24(31-2)10-9-23(29-17)19-5-3-18(4-6-19)14-27-25-13-20(11-12-26-25)21-15-28-30(16-21)22-7-8-22/h13-18,20,22-24,27-28,38H,3-12,19H2,1-2H3;9-13,15-16,18-19,22H,3-8,14H2,1-2H3,(H,26,27). The number of pyridine rings is 4. The molecule has 0 aromatic carbocycles. The summed E-state index contributed by atoms with van der Waals surface area (Å²) in [5.74, 6) is 5.56. The zero-order valence-electron chi connectivity index (χ0n) is 42.1. The highest BCUT2D eigenvalue weighted by Gasteiger charge is 2.34. The van der Waals surface area contributed by atoms with Crippen LogP contribution in [0.15, 0.2) is 85.7 Å². The Morgan fingerprint density at radius 2 is 1.15 bits per heavy atom. The van der Waals surface area contributed by atoms with E-state index in [1.54, 1.807) is 14.2 Å². The third-order valence-electron chi connectivity index (χ3n) is 15.9. The van der Waals surface area contributed by atoms with Crippen LogP contribution in [0.5, 0.6) is 11.5 Å². The Hall–Kier alpha value is -6.15. The van der Waals surface area contributed by atoms with Crippen LogP contribution >= 0.6 is 0 Å². The molecule has 2 N–H and O–H groups in total. The number of aryl methyl sites for hydroxylation is 2. The van der Waals surface area contributed by atoms with Crippen LogP contribution in [0.1, 0.15) is 149 Å². The van der Waals surface area contributed by atoms with E-state index in [9.17, 15) is 9.90 Å². The van der Waals surface area contributed by atoms with Crippen LogP contribution in [-0.2, 0) is 4.79 Å². The van der Waals surface area contributed by atoms with E-state index >= 15 is 0 Å². The van der Waals surface area contributed by atoms with Crippen molar-refractivity contribution in [3.8, 4) is 33.8 Å². The van der Waals surface area contributed by atoms with Crippen molar-refractivity contribution in [2.75, 3.05) is 37.5 Å². The second-order valence-electron chi connectivity index (χ2n) is 21.0. The van der Waals surface area contributed by atoms with Gasteiger partial charge in [0.25, 0.3) is 0 Å². The quantitative estimate of drug-likeness (QED) is 0.101. The molecule has 0 aliphatic heterocycles. The van der Waals surface area contributed by atoms with Crippen LogP contribution < -0.4 is 19.7 Å². The number of carbonyl (C=O) groups is 1. The molecule has 0 atom stereocenters. The van der Waals surface area contributed by atoms with Crippen molar-refractivity contribution >= 4 is 17.5 Å². The SMILES string of the molecule is COc1ccc(C2CCC(CN(C(=O)C3CCC(O)CC3)c3cc(-c4cnn(C5CC5)c4)ccn3)CC2)nc1C.COc1ccc(C2CCC(CNc3cc(-c4cnn(C5CC5)c4)ccn3)CC2)nc1C. The van der Waals surface area contributed by atoms with Crippen molar-refractivity contribution in [1.82, 2.24) is 39.5 Å². The molecule has 374 valence electrons. The Labute approximate surface area is 419 Å². The van der Waals surface area contributed by atoms with Gasteiger partial charge in [-0.25, -0.2) is 9.97 Å². The van der Waals surface area contributed by atoms with E-state index in [2.05, 4.69) is 78.7 Å². The van der Waals surface area contributed by atoms with Gasteiger partial charge in [-0.1, -0.05) is 0 Å². The van der Waals surface area contributed by atoms with E-state index in [4.69, 9.17) is 24.4 Å². The molecule has 5 saturated carbocycles. The number of ether oxygens (including phenoxy) is 2. The van der Waals surface area contributed by atoms with Crippen LogP contribution in [0.3, 0.4) is 0 Å². The fourth-order valence-corrected chi connectivity index (χ4v) is 11.2. The van der Waals surface area contributed by atoms with Crippen LogP contribution in [-0.4, -0.2) is 83.9 Å². The molecule has 0 bridgehead atoms. The minimum atomic E-state index is -0.285. The van der Waals surface area contributed by atoms with Crippen LogP contribution in [0.25, 0.3) is 22.3 Å². The third-order valence-corrected chi connectivity index (χ3v) is 15.9. The maximum Gasteiger partial charge on any atom is 0.231 e. The second-order valence-corrected chi connectivity index (χ2v) is 21.0. The fraction of sp³-hybridized carbons (Fsp3) is 0.526. The van der Waals surface area contributed by atoms with E-state index in [0.29, 0.717) is 55.1 Å². The molecule has 71 heavy (non-hydrogen) atoms. The van der Waals surface area contributed by atoms with Gasteiger partial charge in [0.05, 0.1) is 56.2 Å². The maximum atomic E-state index is 14.0. The fourth-order valence-electron chi connectivity index (χ4n) is 11.2. The van der Waals surface area contributed by atoms with Gasteiger partial charge in [-0.2, -0.15) is 10.2 Å². The number of hydrogen-bond donors (Lipinski definition) is 2. The van der Waals surface area contributed by atoms with Gasteiger partial charge in [0.1, 0.15) is 23.1 Å². The lowest BCUT2D eigenvalue weighted by Crippen LogP contribution is -2.42. The van der Waals surface area contributed by atoms with Gasteiger partial charge in [-0.3, -0.25) is 29.0 Å². The second kappa shape index (κ2) is 22.1. The van der Waals surface area contributed by atoms with Gasteiger partial charge in [-0.15, -0.1) is 0 Å². The molecule has 0 saturated heterocycles. The molecule has 11 rings (SSSR count). The van der Waals surface area contributed by atoms with Crippen LogP contribution in [0.2, 0.25) is 0 Å². The molecule has 5 aliphatic rings. The number of aliphatic hydroxyl groups excluding tert-OH is 1. The lowest BCUT2D eigenvalue weighted by Gasteiger charge is -2.35. The maximum absolute atomic E-state index is 14.0. The number of nitrogens with zero attached hydrogens (tertiary/aromatic N) is 9. The van der Waals surface area contributed by atoms with E-state index in [1.165, 1.54) is 68.2 Å². The normalized spacial score (nSPS) is 23.3. The van der Waals surface area contributed by atoms with Crippen molar-refractivity contribution in [1.29, 1.82) is 0 Å². The van der Waals surface area contributed by atoms with Crippen LogP contribution in [0.4, 0.5) is 11.6 Å².